The predicted octanol–water partition coefficient (Wildman–Crippen LogP) is 2.81. The van der Waals surface area contributed by atoms with Crippen molar-refractivity contribution < 1.29 is 4.42 Å². The Labute approximate surface area is 117 Å². The first-order valence-corrected chi connectivity index (χ1v) is 6.29. The van der Waals surface area contributed by atoms with Gasteiger partial charge in [-0.15, -0.1) is 6.58 Å². The van der Waals surface area contributed by atoms with E-state index >= 15 is 0 Å². The topological polar surface area (TPSA) is 49.6 Å². The number of hydrogen-bond donors (Lipinski definition) is 2. The number of para-hydroxylation sites is 1. The van der Waals surface area contributed by atoms with E-state index in [0.29, 0.717) is 11.7 Å². The lowest BCUT2D eigenvalue weighted by Crippen LogP contribution is -2.32. The van der Waals surface area contributed by atoms with Crippen LogP contribution in [0.15, 0.2) is 52.5 Å². The Morgan fingerprint density at radius 1 is 1.47 bits per heavy atom. The van der Waals surface area contributed by atoms with E-state index in [-0.39, 0.29) is 0 Å². The van der Waals surface area contributed by atoms with Crippen molar-refractivity contribution in [2.24, 2.45) is 5.10 Å². The van der Waals surface area contributed by atoms with Gasteiger partial charge in [0.05, 0.1) is 0 Å². The zero-order valence-electron chi connectivity index (χ0n) is 10.6. The van der Waals surface area contributed by atoms with Crippen molar-refractivity contribution in [3.63, 3.8) is 0 Å². The Balaban J connectivity index is 2.08. The molecule has 98 valence electrons. The van der Waals surface area contributed by atoms with E-state index in [9.17, 15) is 0 Å². The Kier molecular flexibility index (Phi) is 4.30. The van der Waals surface area contributed by atoms with E-state index in [1.165, 1.54) is 0 Å². The Hall–Kier alpha value is -2.14. The predicted molar refractivity (Wildman–Crippen MR) is 82.4 cm³/mol. The molecule has 0 saturated carbocycles. The summed E-state index contributed by atoms with van der Waals surface area (Å²) >= 11 is 5.04. The fourth-order valence-corrected chi connectivity index (χ4v) is 1.68. The van der Waals surface area contributed by atoms with Crippen molar-refractivity contribution in [3.05, 3.63) is 48.7 Å². The van der Waals surface area contributed by atoms with Crippen molar-refractivity contribution in [2.75, 3.05) is 6.54 Å². The molecule has 2 aromatic rings. The minimum atomic E-state index is 0.454. The van der Waals surface area contributed by atoms with Gasteiger partial charge in [0.15, 0.2) is 10.9 Å². The number of hydrogen-bond acceptors (Lipinski definition) is 3. The van der Waals surface area contributed by atoms with Crippen LogP contribution in [0.25, 0.3) is 11.0 Å². The Morgan fingerprint density at radius 2 is 2.26 bits per heavy atom. The van der Waals surface area contributed by atoms with Crippen LogP contribution in [-0.2, 0) is 0 Å². The fraction of sp³-hybridized carbons (Fsp3) is 0.143. The maximum atomic E-state index is 5.69. The van der Waals surface area contributed by atoms with Crippen LogP contribution < -0.4 is 10.7 Å². The van der Waals surface area contributed by atoms with E-state index in [2.05, 4.69) is 22.4 Å². The Morgan fingerprint density at radius 3 is 3.00 bits per heavy atom. The van der Waals surface area contributed by atoms with Crippen molar-refractivity contribution in [2.45, 2.75) is 6.92 Å². The number of hydrazone groups is 1. The van der Waals surface area contributed by atoms with Gasteiger partial charge in [0, 0.05) is 11.9 Å². The highest BCUT2D eigenvalue weighted by Crippen LogP contribution is 2.19. The highest BCUT2D eigenvalue weighted by atomic mass is 32.1. The van der Waals surface area contributed by atoms with Gasteiger partial charge < -0.3 is 9.73 Å². The fourth-order valence-electron chi connectivity index (χ4n) is 1.55. The quantitative estimate of drug-likeness (QED) is 0.389. The maximum absolute atomic E-state index is 5.69. The lowest BCUT2D eigenvalue weighted by molar-refractivity contribution is 0.603. The molecule has 0 bridgehead atoms. The third-order valence-corrected chi connectivity index (χ3v) is 2.75. The standard InChI is InChI=1S/C14H15N3OS/c1-3-8-15-14(19)17-16-10(2)13-9-11-6-4-5-7-12(11)18-13/h3-7,9H,1,8H2,2H3,(H2,15,17,19)/b16-10+. The van der Waals surface area contributed by atoms with Gasteiger partial charge in [-0.3, -0.25) is 5.43 Å². The van der Waals surface area contributed by atoms with E-state index in [1.807, 2.05) is 37.3 Å². The van der Waals surface area contributed by atoms with E-state index in [0.717, 1.165) is 22.4 Å². The van der Waals surface area contributed by atoms with Gasteiger partial charge in [-0.25, -0.2) is 0 Å². The number of fused-ring (bicyclic) bond motifs is 1. The summed E-state index contributed by atoms with van der Waals surface area (Å²) in [6.07, 6.45) is 1.73. The second-order valence-corrected chi connectivity index (χ2v) is 4.36. The summed E-state index contributed by atoms with van der Waals surface area (Å²) in [5.74, 6) is 0.722. The van der Waals surface area contributed by atoms with Crippen molar-refractivity contribution in [1.29, 1.82) is 0 Å². The normalized spacial score (nSPS) is 11.3. The molecule has 0 amide bonds. The van der Waals surface area contributed by atoms with E-state index in [4.69, 9.17) is 16.6 Å². The molecule has 5 heteroatoms. The van der Waals surface area contributed by atoms with Crippen molar-refractivity contribution in [3.8, 4) is 0 Å². The van der Waals surface area contributed by atoms with Crippen LogP contribution in [0.3, 0.4) is 0 Å². The number of rotatable bonds is 4. The first kappa shape index (κ1) is 13.3. The van der Waals surface area contributed by atoms with E-state index in [1.54, 1.807) is 6.08 Å². The smallest absolute Gasteiger partial charge is 0.187 e. The number of furan rings is 1. The summed E-state index contributed by atoms with van der Waals surface area (Å²) in [6.45, 7) is 6.06. The molecule has 1 aromatic carbocycles. The van der Waals surface area contributed by atoms with Gasteiger partial charge in [0.1, 0.15) is 11.3 Å². The van der Waals surface area contributed by atoms with Crippen LogP contribution in [0.2, 0.25) is 0 Å². The average molecular weight is 273 g/mol. The third-order valence-electron chi connectivity index (χ3n) is 2.51. The molecular formula is C14H15N3OS. The van der Waals surface area contributed by atoms with Gasteiger partial charge in [0.25, 0.3) is 0 Å². The summed E-state index contributed by atoms with van der Waals surface area (Å²) in [5, 5.41) is 8.62. The van der Waals surface area contributed by atoms with E-state index < -0.39 is 0 Å². The number of nitrogens with zero attached hydrogens (tertiary/aromatic N) is 1. The molecular weight excluding hydrogens is 258 g/mol. The zero-order valence-corrected chi connectivity index (χ0v) is 11.5. The number of nitrogens with one attached hydrogen (secondary N) is 2. The molecule has 2 N–H and O–H groups in total. The molecule has 0 aliphatic heterocycles. The van der Waals surface area contributed by atoms with Crippen LogP contribution >= 0.6 is 12.2 Å². The lowest BCUT2D eigenvalue weighted by Gasteiger charge is -2.04. The van der Waals surface area contributed by atoms with Crippen LogP contribution in [0.5, 0.6) is 0 Å². The summed E-state index contributed by atoms with van der Waals surface area (Å²) in [7, 11) is 0. The molecule has 0 aliphatic carbocycles. The molecule has 0 unspecified atom stereocenters. The monoisotopic (exact) mass is 273 g/mol. The molecule has 19 heavy (non-hydrogen) atoms. The maximum Gasteiger partial charge on any atom is 0.187 e. The molecule has 0 saturated heterocycles. The summed E-state index contributed by atoms with van der Waals surface area (Å²) < 4.78 is 5.69. The van der Waals surface area contributed by atoms with Gasteiger partial charge in [-0.1, -0.05) is 24.3 Å². The molecule has 0 atom stereocenters. The molecule has 4 nitrogen and oxygen atoms in total. The van der Waals surface area contributed by atoms with Gasteiger partial charge in [0.2, 0.25) is 0 Å². The molecule has 0 radical (unpaired) electrons. The SMILES string of the molecule is C=CCNC(=S)N/N=C(\C)c1cc2ccccc2o1. The van der Waals surface area contributed by atoms with Crippen molar-refractivity contribution in [1.82, 2.24) is 10.7 Å². The molecule has 0 fully saturated rings. The van der Waals surface area contributed by atoms with Crippen molar-refractivity contribution >= 4 is 34.0 Å². The highest BCUT2D eigenvalue weighted by molar-refractivity contribution is 7.80. The largest absolute Gasteiger partial charge is 0.455 e. The number of thiocarbonyl (C=S) groups is 1. The first-order chi connectivity index (χ1) is 9.20. The first-order valence-electron chi connectivity index (χ1n) is 5.88. The number of benzene rings is 1. The van der Waals surface area contributed by atoms with Gasteiger partial charge in [-0.05, 0) is 31.3 Å². The second kappa shape index (κ2) is 6.15. The van der Waals surface area contributed by atoms with Crippen LogP contribution in [0, 0.1) is 0 Å². The third kappa shape index (κ3) is 3.42. The Bertz CT molecular complexity index is 597. The summed E-state index contributed by atoms with van der Waals surface area (Å²) in [4.78, 5) is 0. The van der Waals surface area contributed by atoms with Crippen LogP contribution in [-0.4, -0.2) is 17.4 Å². The average Bonchev–Trinajstić information content (AvgIpc) is 2.86. The second-order valence-electron chi connectivity index (χ2n) is 3.96. The summed E-state index contributed by atoms with van der Waals surface area (Å²) in [6, 6.07) is 9.79. The molecule has 0 spiro atoms. The zero-order chi connectivity index (χ0) is 13.7. The molecule has 1 heterocycles. The van der Waals surface area contributed by atoms with Crippen LogP contribution in [0.1, 0.15) is 12.7 Å². The highest BCUT2D eigenvalue weighted by Gasteiger charge is 2.05. The summed E-state index contributed by atoms with van der Waals surface area (Å²) in [5.41, 5.74) is 4.34. The minimum Gasteiger partial charge on any atom is -0.455 e. The molecule has 2 rings (SSSR count). The molecule has 1 aromatic heterocycles. The van der Waals surface area contributed by atoms with Crippen LogP contribution in [0.4, 0.5) is 0 Å². The lowest BCUT2D eigenvalue weighted by atomic mass is 10.2. The minimum absolute atomic E-state index is 0.454. The van der Waals surface area contributed by atoms with Gasteiger partial charge >= 0.3 is 0 Å². The molecule has 0 aliphatic rings. The van der Waals surface area contributed by atoms with Gasteiger partial charge in [-0.2, -0.15) is 5.10 Å².